The number of nitrogens with zero attached hydrogens (tertiary/aromatic N) is 3. The Morgan fingerprint density at radius 2 is 1.89 bits per heavy atom. The monoisotopic (exact) mass is 556 g/mol. The number of benzene rings is 2. The summed E-state index contributed by atoms with van der Waals surface area (Å²) in [6.07, 6.45) is 2.48. The van der Waals surface area contributed by atoms with Gasteiger partial charge in [0.1, 0.15) is 5.60 Å². The molecule has 1 amide bonds. The standard InChI is InChI=1S/C29H34Cl2N4O3/c1-3-12-32-28(37)21-6-11-26(25(31)15-21)35-14-13-34(17-27(35)20-4-8-23(30)9-5-20)19-29(2,38)22-7-10-24(18-36)33-16-22/h4-11,15-16,27,36,38H,3,12-14,17-19H2,1-2H3,(H,32,37)/t27-,29+/m0/s1. The number of carbonyl (C=O) groups excluding carboxylic acids is 1. The van der Waals surface area contributed by atoms with E-state index in [1.54, 1.807) is 25.3 Å². The van der Waals surface area contributed by atoms with Crippen LogP contribution in [0.5, 0.6) is 0 Å². The van der Waals surface area contributed by atoms with Crippen LogP contribution in [0.25, 0.3) is 0 Å². The van der Waals surface area contributed by atoms with Crippen molar-refractivity contribution in [3.05, 3.63) is 93.2 Å². The van der Waals surface area contributed by atoms with E-state index < -0.39 is 5.60 Å². The number of hydrogen-bond donors (Lipinski definition) is 3. The van der Waals surface area contributed by atoms with Gasteiger partial charge in [0, 0.05) is 55.1 Å². The zero-order valence-corrected chi connectivity index (χ0v) is 23.2. The lowest BCUT2D eigenvalue weighted by molar-refractivity contribution is 0.00997. The van der Waals surface area contributed by atoms with Crippen LogP contribution in [0.2, 0.25) is 10.0 Å². The first-order valence-electron chi connectivity index (χ1n) is 12.8. The van der Waals surface area contributed by atoms with E-state index in [-0.39, 0.29) is 18.6 Å². The first kappa shape index (κ1) is 28.3. The molecule has 1 fully saturated rings. The van der Waals surface area contributed by atoms with Crippen molar-refractivity contribution in [2.75, 3.05) is 37.6 Å². The number of carbonyl (C=O) groups is 1. The minimum absolute atomic E-state index is 0.0519. The number of piperazine rings is 1. The number of aromatic nitrogens is 1. The van der Waals surface area contributed by atoms with E-state index >= 15 is 0 Å². The van der Waals surface area contributed by atoms with Gasteiger partial charge in [0.2, 0.25) is 0 Å². The van der Waals surface area contributed by atoms with Crippen LogP contribution in [0.15, 0.2) is 60.8 Å². The molecule has 0 spiro atoms. The number of aliphatic hydroxyl groups is 2. The van der Waals surface area contributed by atoms with Crippen molar-refractivity contribution in [2.45, 2.75) is 38.5 Å². The molecule has 38 heavy (non-hydrogen) atoms. The molecule has 1 aliphatic heterocycles. The summed E-state index contributed by atoms with van der Waals surface area (Å²) in [5.74, 6) is -0.136. The Bertz CT molecular complexity index is 1240. The fraction of sp³-hybridized carbons (Fsp3) is 0.379. The first-order chi connectivity index (χ1) is 18.2. The molecular formula is C29H34Cl2N4O3. The molecule has 3 aromatic rings. The molecule has 1 saturated heterocycles. The molecule has 1 aliphatic rings. The highest BCUT2D eigenvalue weighted by molar-refractivity contribution is 6.33. The lowest BCUT2D eigenvalue weighted by atomic mass is 9.94. The normalized spacial score (nSPS) is 17.7. The zero-order chi connectivity index (χ0) is 27.3. The van der Waals surface area contributed by atoms with Crippen molar-refractivity contribution in [1.29, 1.82) is 0 Å². The van der Waals surface area contributed by atoms with Crippen molar-refractivity contribution in [3.63, 3.8) is 0 Å². The molecule has 4 rings (SSSR count). The minimum Gasteiger partial charge on any atom is -0.390 e. The summed E-state index contributed by atoms with van der Waals surface area (Å²) in [6, 6.07) is 16.7. The van der Waals surface area contributed by atoms with E-state index in [2.05, 4.69) is 20.1 Å². The topological polar surface area (TPSA) is 88.9 Å². The molecule has 1 aromatic heterocycles. The second kappa shape index (κ2) is 12.5. The van der Waals surface area contributed by atoms with Crippen molar-refractivity contribution in [1.82, 2.24) is 15.2 Å². The van der Waals surface area contributed by atoms with Crippen LogP contribution in [0.3, 0.4) is 0 Å². The van der Waals surface area contributed by atoms with Crippen molar-refractivity contribution < 1.29 is 15.0 Å². The molecule has 202 valence electrons. The number of rotatable bonds is 9. The Kier molecular flexibility index (Phi) is 9.28. The maximum absolute atomic E-state index is 12.4. The molecule has 9 heteroatoms. The maximum atomic E-state index is 12.4. The molecule has 2 aromatic carbocycles. The van der Waals surface area contributed by atoms with Crippen LogP contribution in [0, 0.1) is 0 Å². The van der Waals surface area contributed by atoms with Gasteiger partial charge < -0.3 is 20.4 Å². The molecule has 0 unspecified atom stereocenters. The third-order valence-electron chi connectivity index (χ3n) is 6.91. The zero-order valence-electron chi connectivity index (χ0n) is 21.7. The van der Waals surface area contributed by atoms with E-state index in [9.17, 15) is 15.0 Å². The SMILES string of the molecule is CCCNC(=O)c1ccc(N2CCN(C[C@@](C)(O)c3ccc(CO)nc3)C[C@H]2c2ccc(Cl)cc2)c(Cl)c1. The number of aliphatic hydroxyl groups excluding tert-OH is 1. The number of pyridine rings is 1. The van der Waals surface area contributed by atoms with Gasteiger partial charge in [-0.1, -0.05) is 48.3 Å². The summed E-state index contributed by atoms with van der Waals surface area (Å²) in [4.78, 5) is 21.2. The van der Waals surface area contributed by atoms with E-state index in [4.69, 9.17) is 23.2 Å². The minimum atomic E-state index is -1.13. The summed E-state index contributed by atoms with van der Waals surface area (Å²) < 4.78 is 0. The smallest absolute Gasteiger partial charge is 0.251 e. The average Bonchev–Trinajstić information content (AvgIpc) is 2.92. The Labute approximate surface area is 234 Å². The first-order valence-corrected chi connectivity index (χ1v) is 13.6. The molecule has 0 radical (unpaired) electrons. The van der Waals surface area contributed by atoms with Gasteiger partial charge in [-0.05, 0) is 55.3 Å². The maximum Gasteiger partial charge on any atom is 0.251 e. The van der Waals surface area contributed by atoms with E-state index in [0.29, 0.717) is 59.6 Å². The summed E-state index contributed by atoms with van der Waals surface area (Å²) in [5.41, 5.74) is 2.60. The van der Waals surface area contributed by atoms with Crippen LogP contribution in [-0.2, 0) is 12.2 Å². The third-order valence-corrected chi connectivity index (χ3v) is 7.47. The van der Waals surface area contributed by atoms with Crippen LogP contribution in [0.1, 0.15) is 53.5 Å². The van der Waals surface area contributed by atoms with Gasteiger partial charge in [-0.15, -0.1) is 0 Å². The predicted molar refractivity (Wildman–Crippen MR) is 152 cm³/mol. The Morgan fingerprint density at radius 1 is 1.13 bits per heavy atom. The molecule has 2 heterocycles. The summed E-state index contributed by atoms with van der Waals surface area (Å²) in [5, 5.41) is 24.7. The average molecular weight is 558 g/mol. The van der Waals surface area contributed by atoms with E-state index in [1.807, 2.05) is 49.4 Å². The molecule has 0 bridgehead atoms. The number of nitrogens with one attached hydrogen (secondary N) is 1. The number of anilines is 1. The number of hydrogen-bond acceptors (Lipinski definition) is 6. The number of halogens is 2. The Morgan fingerprint density at radius 3 is 2.53 bits per heavy atom. The highest BCUT2D eigenvalue weighted by Gasteiger charge is 2.34. The summed E-state index contributed by atoms with van der Waals surface area (Å²) in [7, 11) is 0. The van der Waals surface area contributed by atoms with Crippen molar-refractivity contribution in [3.8, 4) is 0 Å². The summed E-state index contributed by atoms with van der Waals surface area (Å²) in [6.45, 7) is 6.71. The predicted octanol–water partition coefficient (Wildman–Crippen LogP) is 4.79. The van der Waals surface area contributed by atoms with Crippen LogP contribution >= 0.6 is 23.2 Å². The largest absolute Gasteiger partial charge is 0.390 e. The Hall–Kier alpha value is -2.68. The van der Waals surface area contributed by atoms with Crippen molar-refractivity contribution in [2.24, 2.45) is 0 Å². The second-order valence-electron chi connectivity index (χ2n) is 9.89. The fourth-order valence-corrected chi connectivity index (χ4v) is 5.24. The van der Waals surface area contributed by atoms with Crippen molar-refractivity contribution >= 4 is 34.8 Å². The third kappa shape index (κ3) is 6.65. The van der Waals surface area contributed by atoms with Crippen LogP contribution in [0.4, 0.5) is 5.69 Å². The summed E-state index contributed by atoms with van der Waals surface area (Å²) >= 11 is 12.9. The van der Waals surface area contributed by atoms with Crippen LogP contribution in [-0.4, -0.2) is 58.7 Å². The molecule has 0 aliphatic carbocycles. The van der Waals surface area contributed by atoms with Gasteiger partial charge >= 0.3 is 0 Å². The van der Waals surface area contributed by atoms with E-state index in [0.717, 1.165) is 17.7 Å². The fourth-order valence-electron chi connectivity index (χ4n) is 4.83. The van der Waals surface area contributed by atoms with Gasteiger partial charge in [0.15, 0.2) is 0 Å². The second-order valence-corrected chi connectivity index (χ2v) is 10.7. The number of amides is 1. The quantitative estimate of drug-likeness (QED) is 0.351. The molecule has 0 saturated carbocycles. The molecule has 2 atom stereocenters. The Balaban J connectivity index is 1.58. The van der Waals surface area contributed by atoms with Gasteiger partial charge in [0.25, 0.3) is 5.91 Å². The van der Waals surface area contributed by atoms with E-state index in [1.165, 1.54) is 0 Å². The lowest BCUT2D eigenvalue weighted by Gasteiger charge is -2.45. The van der Waals surface area contributed by atoms with Crippen LogP contribution < -0.4 is 10.2 Å². The van der Waals surface area contributed by atoms with Gasteiger partial charge in [-0.3, -0.25) is 14.7 Å². The number of β-amino-alcohol motifs (C(OH)–C–C–N with tert-alkyl or cyclic N) is 1. The lowest BCUT2D eigenvalue weighted by Crippen LogP contribution is -2.52. The molecule has 3 N–H and O–H groups in total. The molecule has 7 nitrogen and oxygen atoms in total. The van der Waals surface area contributed by atoms with Gasteiger partial charge in [-0.25, -0.2) is 0 Å². The highest BCUT2D eigenvalue weighted by Crippen LogP contribution is 2.37. The van der Waals surface area contributed by atoms with Gasteiger partial charge in [0.05, 0.1) is 29.1 Å². The van der Waals surface area contributed by atoms with Gasteiger partial charge in [-0.2, -0.15) is 0 Å². The highest BCUT2D eigenvalue weighted by atomic mass is 35.5. The molecular weight excluding hydrogens is 523 g/mol.